The van der Waals surface area contributed by atoms with Crippen molar-refractivity contribution in [1.29, 1.82) is 0 Å². The van der Waals surface area contributed by atoms with Gasteiger partial charge in [0.05, 0.1) is 0 Å². The first kappa shape index (κ1) is 22.2. The van der Waals surface area contributed by atoms with Crippen LogP contribution in [-0.2, 0) is 6.42 Å². The summed E-state index contributed by atoms with van der Waals surface area (Å²) >= 11 is 6.19. The number of aromatic nitrogens is 3. The summed E-state index contributed by atoms with van der Waals surface area (Å²) in [5.41, 5.74) is 9.70. The van der Waals surface area contributed by atoms with E-state index < -0.39 is 6.10 Å². The first-order chi connectivity index (χ1) is 14.3. The molecule has 0 radical (unpaired) electrons. The van der Waals surface area contributed by atoms with E-state index in [1.54, 1.807) is 6.07 Å². The summed E-state index contributed by atoms with van der Waals surface area (Å²) in [5, 5.41) is 14.2. The van der Waals surface area contributed by atoms with E-state index in [4.69, 9.17) is 26.6 Å². The van der Waals surface area contributed by atoms with Crippen LogP contribution in [0.3, 0.4) is 0 Å². The molecule has 3 aromatic rings. The lowest BCUT2D eigenvalue weighted by Gasteiger charge is -2.15. The van der Waals surface area contributed by atoms with Crippen LogP contribution in [0.4, 0.5) is 0 Å². The molecule has 0 saturated carbocycles. The Morgan fingerprint density at radius 2 is 1.80 bits per heavy atom. The molecule has 8 heteroatoms. The van der Waals surface area contributed by atoms with E-state index in [0.29, 0.717) is 28.5 Å². The molecule has 2 heterocycles. The molecule has 0 saturated heterocycles. The van der Waals surface area contributed by atoms with E-state index in [9.17, 15) is 5.11 Å². The minimum absolute atomic E-state index is 0.144. The van der Waals surface area contributed by atoms with Crippen LogP contribution in [0.2, 0.25) is 5.15 Å². The van der Waals surface area contributed by atoms with Crippen molar-refractivity contribution in [2.45, 2.75) is 40.2 Å². The minimum Gasteiger partial charge on any atom is -0.490 e. The molecule has 1 atom stereocenters. The van der Waals surface area contributed by atoms with Crippen LogP contribution < -0.4 is 10.5 Å². The summed E-state index contributed by atoms with van der Waals surface area (Å²) in [6.07, 6.45) is 0.115. The summed E-state index contributed by atoms with van der Waals surface area (Å²) in [4.78, 5) is 8.92. The second-order valence-corrected chi connectivity index (χ2v) is 8.22. The summed E-state index contributed by atoms with van der Waals surface area (Å²) in [6, 6.07) is 7.50. The van der Waals surface area contributed by atoms with Crippen LogP contribution >= 0.6 is 11.6 Å². The predicted molar refractivity (Wildman–Crippen MR) is 117 cm³/mol. The Balaban J connectivity index is 1.87. The maximum Gasteiger partial charge on any atom is 0.258 e. The van der Waals surface area contributed by atoms with Crippen LogP contribution in [0, 0.1) is 19.8 Å². The van der Waals surface area contributed by atoms with Gasteiger partial charge in [-0.05, 0) is 61.6 Å². The van der Waals surface area contributed by atoms with Crippen LogP contribution in [0.1, 0.15) is 30.7 Å². The summed E-state index contributed by atoms with van der Waals surface area (Å²) in [6.45, 7) is 8.42. The van der Waals surface area contributed by atoms with Crippen molar-refractivity contribution in [3.63, 3.8) is 0 Å². The second kappa shape index (κ2) is 9.55. The number of nitrogens with zero attached hydrogens (tertiary/aromatic N) is 3. The molecule has 3 rings (SSSR count). The molecular weight excluding hydrogens is 404 g/mol. The number of benzene rings is 1. The Labute approximate surface area is 181 Å². The van der Waals surface area contributed by atoms with Crippen molar-refractivity contribution in [3.8, 4) is 28.6 Å². The summed E-state index contributed by atoms with van der Waals surface area (Å²) < 4.78 is 11.2. The van der Waals surface area contributed by atoms with Crippen molar-refractivity contribution in [2.75, 3.05) is 13.2 Å². The number of hydrogen-bond donors (Lipinski definition) is 2. The maximum atomic E-state index is 9.64. The molecule has 0 aliphatic carbocycles. The van der Waals surface area contributed by atoms with Gasteiger partial charge in [0.1, 0.15) is 23.6 Å². The molecule has 0 fully saturated rings. The van der Waals surface area contributed by atoms with Gasteiger partial charge in [0.15, 0.2) is 0 Å². The topological polar surface area (TPSA) is 107 Å². The molecule has 0 amide bonds. The van der Waals surface area contributed by atoms with Crippen molar-refractivity contribution < 1.29 is 14.4 Å². The number of pyridine rings is 1. The van der Waals surface area contributed by atoms with Crippen LogP contribution in [0.5, 0.6) is 5.75 Å². The monoisotopic (exact) mass is 430 g/mol. The molecule has 0 aliphatic rings. The van der Waals surface area contributed by atoms with Crippen LogP contribution in [-0.4, -0.2) is 39.5 Å². The normalized spacial score (nSPS) is 12.4. The molecule has 1 aromatic carbocycles. The smallest absolute Gasteiger partial charge is 0.258 e. The van der Waals surface area contributed by atoms with E-state index >= 15 is 0 Å². The van der Waals surface area contributed by atoms with E-state index in [1.165, 1.54) is 0 Å². The average molecular weight is 431 g/mol. The van der Waals surface area contributed by atoms with E-state index in [-0.39, 0.29) is 13.2 Å². The molecular formula is C22H27ClN4O3. The fraction of sp³-hybridized carbons (Fsp3) is 0.409. The first-order valence-electron chi connectivity index (χ1n) is 9.90. The Bertz CT molecular complexity index is 996. The Kier molecular flexibility index (Phi) is 7.07. The number of ether oxygens (including phenoxy) is 1. The van der Waals surface area contributed by atoms with Gasteiger partial charge in [0, 0.05) is 23.4 Å². The number of aliphatic hydroxyl groups is 1. The van der Waals surface area contributed by atoms with Gasteiger partial charge in [0.25, 0.3) is 5.89 Å². The quantitative estimate of drug-likeness (QED) is 0.520. The highest BCUT2D eigenvalue weighted by Crippen LogP contribution is 2.31. The van der Waals surface area contributed by atoms with Crippen LogP contribution in [0.25, 0.3) is 22.8 Å². The van der Waals surface area contributed by atoms with E-state index in [2.05, 4.69) is 29.0 Å². The highest BCUT2D eigenvalue weighted by atomic mass is 35.5. The third-order valence-electron chi connectivity index (χ3n) is 4.55. The van der Waals surface area contributed by atoms with E-state index in [1.807, 2.05) is 32.0 Å². The van der Waals surface area contributed by atoms with Gasteiger partial charge in [-0.3, -0.25) is 0 Å². The Hall–Kier alpha value is -2.48. The predicted octanol–water partition coefficient (Wildman–Crippen LogP) is 3.97. The summed E-state index contributed by atoms with van der Waals surface area (Å²) in [5.74, 6) is 2.04. The standard InChI is InChI=1S/C22H27ClN4O3/c1-12(2)5-17-8-16(9-19(23)25-17)22-26-21(27-30-22)15-6-13(3)20(14(4)7-15)29-11-18(28)10-24/h6-9,12,18,28H,5,10-11,24H2,1-4H3/t18-/m0/s1. The second-order valence-electron chi connectivity index (χ2n) is 7.83. The Morgan fingerprint density at radius 3 is 2.43 bits per heavy atom. The molecule has 0 aliphatic heterocycles. The molecule has 7 nitrogen and oxygen atoms in total. The molecule has 0 unspecified atom stereocenters. The van der Waals surface area contributed by atoms with Gasteiger partial charge in [-0.1, -0.05) is 30.6 Å². The Morgan fingerprint density at radius 1 is 1.10 bits per heavy atom. The van der Waals surface area contributed by atoms with Crippen molar-refractivity contribution in [2.24, 2.45) is 11.7 Å². The summed E-state index contributed by atoms with van der Waals surface area (Å²) in [7, 11) is 0. The van der Waals surface area contributed by atoms with Gasteiger partial charge in [0.2, 0.25) is 5.82 Å². The number of hydrogen-bond acceptors (Lipinski definition) is 7. The number of halogens is 1. The maximum absolute atomic E-state index is 9.64. The number of aryl methyl sites for hydroxylation is 2. The molecule has 30 heavy (non-hydrogen) atoms. The van der Waals surface area contributed by atoms with Gasteiger partial charge in [-0.25, -0.2) is 4.98 Å². The van der Waals surface area contributed by atoms with Gasteiger partial charge in [-0.2, -0.15) is 4.98 Å². The zero-order valence-corrected chi connectivity index (χ0v) is 18.4. The number of aliphatic hydroxyl groups excluding tert-OH is 1. The van der Waals surface area contributed by atoms with Crippen molar-refractivity contribution >= 4 is 11.6 Å². The number of nitrogens with two attached hydrogens (primary N) is 1. The lowest BCUT2D eigenvalue weighted by molar-refractivity contribution is 0.113. The van der Waals surface area contributed by atoms with Gasteiger partial charge in [-0.15, -0.1) is 0 Å². The highest BCUT2D eigenvalue weighted by Gasteiger charge is 2.16. The van der Waals surface area contributed by atoms with E-state index in [0.717, 1.165) is 34.4 Å². The highest BCUT2D eigenvalue weighted by molar-refractivity contribution is 6.29. The van der Waals surface area contributed by atoms with Crippen molar-refractivity contribution in [3.05, 3.63) is 46.2 Å². The lowest BCUT2D eigenvalue weighted by atomic mass is 10.0. The largest absolute Gasteiger partial charge is 0.490 e. The molecule has 160 valence electrons. The zero-order chi connectivity index (χ0) is 21.8. The molecule has 3 N–H and O–H groups in total. The third-order valence-corrected chi connectivity index (χ3v) is 4.74. The molecule has 0 bridgehead atoms. The zero-order valence-electron chi connectivity index (χ0n) is 17.6. The first-order valence-corrected chi connectivity index (χ1v) is 10.3. The average Bonchev–Trinajstić information content (AvgIpc) is 3.16. The lowest BCUT2D eigenvalue weighted by Crippen LogP contribution is -2.26. The fourth-order valence-corrected chi connectivity index (χ4v) is 3.44. The molecule has 0 spiro atoms. The number of rotatable bonds is 8. The SMILES string of the molecule is Cc1cc(-c2noc(-c3cc(Cl)nc(CC(C)C)c3)n2)cc(C)c1OC[C@@H](O)CN. The third kappa shape index (κ3) is 5.36. The minimum atomic E-state index is -0.698. The van der Waals surface area contributed by atoms with Crippen LogP contribution in [0.15, 0.2) is 28.8 Å². The van der Waals surface area contributed by atoms with Crippen molar-refractivity contribution in [1.82, 2.24) is 15.1 Å². The fourth-order valence-electron chi connectivity index (χ4n) is 3.21. The van der Waals surface area contributed by atoms with Gasteiger partial charge < -0.3 is 20.1 Å². The van der Waals surface area contributed by atoms with Gasteiger partial charge >= 0.3 is 0 Å². The molecule has 2 aromatic heterocycles.